The Hall–Kier alpha value is -3.96. The van der Waals surface area contributed by atoms with Crippen LogP contribution in [0.3, 0.4) is 0 Å². The molecule has 0 unspecified atom stereocenters. The van der Waals surface area contributed by atoms with Gasteiger partial charge in [-0.1, -0.05) is 35.9 Å². The largest absolute Gasteiger partial charge is 0.493 e. The molecule has 0 fully saturated rings. The molecule has 0 saturated carbocycles. The van der Waals surface area contributed by atoms with Crippen LogP contribution < -0.4 is 14.8 Å². The number of tetrazole rings is 1. The lowest BCUT2D eigenvalue weighted by molar-refractivity contribution is -0.143. The number of nitrogens with one attached hydrogen (secondary N) is 1. The summed E-state index contributed by atoms with van der Waals surface area (Å²) in [5.74, 6) is 0.720. The van der Waals surface area contributed by atoms with Crippen LogP contribution in [0, 0.1) is 0 Å². The van der Waals surface area contributed by atoms with Crippen molar-refractivity contribution in [3.63, 3.8) is 0 Å². The van der Waals surface area contributed by atoms with Gasteiger partial charge in [-0.3, -0.25) is 9.59 Å². The number of nitrogens with zero attached hydrogens (tertiary/aromatic N) is 5. The fourth-order valence-corrected chi connectivity index (χ4v) is 5.09. The number of hydrogen-bond acceptors (Lipinski definition) is 8. The van der Waals surface area contributed by atoms with E-state index in [2.05, 4.69) is 20.7 Å². The molecule has 1 N–H and O–H groups in total. The molecule has 0 aliphatic carbocycles. The zero-order valence-electron chi connectivity index (χ0n) is 22.9. The third kappa shape index (κ3) is 6.97. The molecule has 1 atom stereocenters. The van der Waals surface area contributed by atoms with Crippen LogP contribution in [0.5, 0.6) is 11.5 Å². The maximum atomic E-state index is 13.9. The molecule has 210 valence electrons. The summed E-state index contributed by atoms with van der Waals surface area (Å²) in [5, 5.41) is 18.0. The molecule has 0 spiro atoms. The Morgan fingerprint density at radius 2 is 1.82 bits per heavy atom. The number of carbonyl (C=O) groups is 2. The fourth-order valence-electron chi connectivity index (χ4n) is 4.06. The highest BCUT2D eigenvalue weighted by molar-refractivity contribution is 7.10. The number of methoxy groups -OCH3 is 2. The van der Waals surface area contributed by atoms with Gasteiger partial charge in [-0.2, -0.15) is 4.80 Å². The molecule has 2 aromatic heterocycles. The number of ether oxygens (including phenoxy) is 2. The summed E-state index contributed by atoms with van der Waals surface area (Å²) in [6, 6.07) is 15.3. The molecule has 4 rings (SSSR count). The molecule has 2 amide bonds. The first-order chi connectivity index (χ1) is 19.1. The van der Waals surface area contributed by atoms with Crippen LogP contribution in [-0.2, 0) is 22.7 Å². The van der Waals surface area contributed by atoms with E-state index < -0.39 is 11.6 Å². The smallest absolute Gasteiger partial charge is 0.248 e. The standard InChI is InChI=1S/C28H31ClN6O4S/c1-28(2,3)30-27(37)25(23-11-8-14-40-23)34(16-19-9-6-7-10-20(19)29)24(36)17-35-32-26(31-33-35)18-12-13-21(38-4)22(15-18)39-5/h6-15,25H,16-17H2,1-5H3,(H,30,37)/t25-/m1/s1. The summed E-state index contributed by atoms with van der Waals surface area (Å²) in [6.45, 7) is 5.55. The number of hydrogen-bond donors (Lipinski definition) is 1. The second kappa shape index (κ2) is 12.5. The highest BCUT2D eigenvalue weighted by atomic mass is 35.5. The second-order valence-corrected chi connectivity index (χ2v) is 11.4. The van der Waals surface area contributed by atoms with E-state index in [0.29, 0.717) is 33.5 Å². The maximum Gasteiger partial charge on any atom is 0.248 e. The Labute approximate surface area is 241 Å². The average Bonchev–Trinajstić information content (AvgIpc) is 3.61. The normalized spacial score (nSPS) is 12.1. The molecule has 0 aliphatic heterocycles. The molecule has 0 aliphatic rings. The van der Waals surface area contributed by atoms with Crippen LogP contribution in [0.4, 0.5) is 0 Å². The van der Waals surface area contributed by atoms with E-state index in [4.69, 9.17) is 21.1 Å². The molecule has 40 heavy (non-hydrogen) atoms. The van der Waals surface area contributed by atoms with E-state index in [9.17, 15) is 9.59 Å². The maximum absolute atomic E-state index is 13.9. The van der Waals surface area contributed by atoms with Gasteiger partial charge in [0.15, 0.2) is 11.5 Å². The number of rotatable bonds is 10. The van der Waals surface area contributed by atoms with Crippen molar-refractivity contribution in [1.29, 1.82) is 0 Å². The summed E-state index contributed by atoms with van der Waals surface area (Å²) in [7, 11) is 3.09. The van der Waals surface area contributed by atoms with Crippen molar-refractivity contribution in [3.05, 3.63) is 75.4 Å². The van der Waals surface area contributed by atoms with E-state index in [1.165, 1.54) is 28.1 Å². The van der Waals surface area contributed by atoms with Gasteiger partial charge in [0.2, 0.25) is 17.6 Å². The fraction of sp³-hybridized carbons (Fsp3) is 0.321. The van der Waals surface area contributed by atoms with Crippen molar-refractivity contribution < 1.29 is 19.1 Å². The van der Waals surface area contributed by atoms with Crippen LogP contribution in [0.2, 0.25) is 5.02 Å². The van der Waals surface area contributed by atoms with Crippen molar-refractivity contribution in [1.82, 2.24) is 30.4 Å². The number of carbonyl (C=O) groups excluding carboxylic acids is 2. The van der Waals surface area contributed by atoms with Gasteiger partial charge in [0.25, 0.3) is 0 Å². The first kappa shape index (κ1) is 29.0. The van der Waals surface area contributed by atoms with Crippen LogP contribution in [0.15, 0.2) is 60.0 Å². The molecule has 0 bridgehead atoms. The average molecular weight is 583 g/mol. The molecule has 10 nitrogen and oxygen atoms in total. The second-order valence-electron chi connectivity index (χ2n) is 9.98. The number of aromatic nitrogens is 4. The van der Waals surface area contributed by atoms with Crippen LogP contribution in [-0.4, -0.2) is 56.7 Å². The summed E-state index contributed by atoms with van der Waals surface area (Å²) in [5.41, 5.74) is 0.846. The Bertz CT molecular complexity index is 1470. The Balaban J connectivity index is 1.67. The molecule has 2 aromatic carbocycles. The van der Waals surface area contributed by atoms with Crippen LogP contribution in [0.1, 0.15) is 37.3 Å². The van der Waals surface area contributed by atoms with Gasteiger partial charge in [0, 0.05) is 27.5 Å². The minimum Gasteiger partial charge on any atom is -0.493 e. The minimum atomic E-state index is -0.892. The van der Waals surface area contributed by atoms with Crippen molar-refractivity contribution in [2.75, 3.05) is 14.2 Å². The van der Waals surface area contributed by atoms with E-state index in [1.54, 1.807) is 31.4 Å². The van der Waals surface area contributed by atoms with Gasteiger partial charge in [-0.25, -0.2) is 0 Å². The number of thiophene rings is 1. The molecule has 4 aromatic rings. The quantitative estimate of drug-likeness (QED) is 0.287. The van der Waals surface area contributed by atoms with Gasteiger partial charge in [-0.05, 0) is 67.3 Å². The van der Waals surface area contributed by atoms with E-state index in [1.807, 2.05) is 56.5 Å². The van der Waals surface area contributed by atoms with Crippen molar-refractivity contribution in [2.24, 2.45) is 0 Å². The van der Waals surface area contributed by atoms with Crippen LogP contribution >= 0.6 is 22.9 Å². The van der Waals surface area contributed by atoms with Gasteiger partial charge in [0.1, 0.15) is 12.6 Å². The Morgan fingerprint density at radius 1 is 1.07 bits per heavy atom. The molecular weight excluding hydrogens is 552 g/mol. The van der Waals surface area contributed by atoms with Gasteiger partial charge in [-0.15, -0.1) is 21.5 Å². The lowest BCUT2D eigenvalue weighted by Gasteiger charge is -2.33. The number of halogens is 1. The lowest BCUT2D eigenvalue weighted by atomic mass is 10.1. The van der Waals surface area contributed by atoms with E-state index in [-0.39, 0.29) is 24.9 Å². The summed E-state index contributed by atoms with van der Waals surface area (Å²) < 4.78 is 10.7. The highest BCUT2D eigenvalue weighted by Gasteiger charge is 2.34. The van der Waals surface area contributed by atoms with Gasteiger partial charge in [0.05, 0.1) is 14.2 Å². The third-order valence-corrected chi connectivity index (χ3v) is 7.15. The van der Waals surface area contributed by atoms with Crippen molar-refractivity contribution in [2.45, 2.75) is 45.4 Å². The molecule has 0 saturated heterocycles. The molecule has 0 radical (unpaired) electrons. The lowest BCUT2D eigenvalue weighted by Crippen LogP contribution is -2.49. The first-order valence-corrected chi connectivity index (χ1v) is 13.7. The van der Waals surface area contributed by atoms with Crippen LogP contribution in [0.25, 0.3) is 11.4 Å². The molecule has 12 heteroatoms. The topological polar surface area (TPSA) is 111 Å². The van der Waals surface area contributed by atoms with Gasteiger partial charge >= 0.3 is 0 Å². The predicted octanol–water partition coefficient (Wildman–Crippen LogP) is 4.76. The third-order valence-electron chi connectivity index (χ3n) is 5.86. The summed E-state index contributed by atoms with van der Waals surface area (Å²) in [4.78, 5) is 31.0. The molecule has 2 heterocycles. The number of benzene rings is 2. The van der Waals surface area contributed by atoms with Crippen molar-refractivity contribution in [3.8, 4) is 22.9 Å². The number of amides is 2. The monoisotopic (exact) mass is 582 g/mol. The van der Waals surface area contributed by atoms with E-state index >= 15 is 0 Å². The molecular formula is C28H31ClN6O4S. The highest BCUT2D eigenvalue weighted by Crippen LogP contribution is 2.32. The zero-order chi connectivity index (χ0) is 28.9. The van der Waals surface area contributed by atoms with E-state index in [0.717, 1.165) is 4.88 Å². The minimum absolute atomic E-state index is 0.107. The predicted molar refractivity (Wildman–Crippen MR) is 153 cm³/mol. The first-order valence-electron chi connectivity index (χ1n) is 12.5. The summed E-state index contributed by atoms with van der Waals surface area (Å²) >= 11 is 7.87. The summed E-state index contributed by atoms with van der Waals surface area (Å²) in [6.07, 6.45) is 0. The zero-order valence-corrected chi connectivity index (χ0v) is 24.5. The van der Waals surface area contributed by atoms with Crippen molar-refractivity contribution >= 4 is 34.8 Å². The Morgan fingerprint density at radius 3 is 2.48 bits per heavy atom. The Kier molecular flexibility index (Phi) is 9.06. The SMILES string of the molecule is COc1ccc(-c2nnn(CC(=O)N(Cc3ccccc3Cl)[C@@H](C(=O)NC(C)(C)C)c3cccs3)n2)cc1OC. The van der Waals surface area contributed by atoms with Gasteiger partial charge < -0.3 is 19.7 Å².